The van der Waals surface area contributed by atoms with E-state index in [4.69, 9.17) is 11.6 Å². The monoisotopic (exact) mass is 232 g/mol. The third-order valence-electron chi connectivity index (χ3n) is 2.37. The highest BCUT2D eigenvalue weighted by atomic mass is 15.5. The third-order valence-corrected chi connectivity index (χ3v) is 2.37. The summed E-state index contributed by atoms with van der Waals surface area (Å²) in [5.41, 5.74) is 13.2. The molecule has 0 unspecified atom stereocenters. The van der Waals surface area contributed by atoms with Gasteiger partial charge in [-0.1, -0.05) is 18.2 Å². The number of hydrogen-bond donors (Lipinski definition) is 4. The van der Waals surface area contributed by atoms with E-state index in [2.05, 4.69) is 20.9 Å². The molecule has 0 spiro atoms. The van der Waals surface area contributed by atoms with Gasteiger partial charge in [-0.3, -0.25) is 11.3 Å². The van der Waals surface area contributed by atoms with Crippen molar-refractivity contribution in [2.45, 2.75) is 6.92 Å². The number of benzene rings is 1. The van der Waals surface area contributed by atoms with Gasteiger partial charge in [0.15, 0.2) is 5.84 Å². The van der Waals surface area contributed by atoms with Gasteiger partial charge < -0.3 is 5.73 Å². The van der Waals surface area contributed by atoms with Crippen molar-refractivity contribution in [3.05, 3.63) is 35.9 Å². The first kappa shape index (κ1) is 11.3. The van der Waals surface area contributed by atoms with Crippen LogP contribution in [0.2, 0.25) is 0 Å². The molecular formula is C11H16N6. The molecule has 1 aliphatic heterocycles. The SMILES string of the molecule is C/C=C1\C(N)=Nc2ccccc2N=C1NNN.[HH]. The Labute approximate surface area is 101 Å². The Morgan fingerprint density at radius 2 is 1.88 bits per heavy atom. The number of amidine groups is 2. The third kappa shape index (κ3) is 2.17. The van der Waals surface area contributed by atoms with Gasteiger partial charge in [0, 0.05) is 1.43 Å². The predicted octanol–water partition coefficient (Wildman–Crippen LogP) is 0.879. The van der Waals surface area contributed by atoms with Crippen molar-refractivity contribution in [2.75, 3.05) is 0 Å². The van der Waals surface area contributed by atoms with Gasteiger partial charge in [-0.05, 0) is 19.1 Å². The molecule has 0 atom stereocenters. The first-order valence-corrected chi connectivity index (χ1v) is 5.17. The van der Waals surface area contributed by atoms with E-state index in [-0.39, 0.29) is 1.43 Å². The summed E-state index contributed by atoms with van der Waals surface area (Å²) in [5, 5.41) is 0. The van der Waals surface area contributed by atoms with Crippen molar-refractivity contribution >= 4 is 23.0 Å². The number of hydrogen-bond acceptors (Lipinski definition) is 6. The number of fused-ring (bicyclic) bond motifs is 1. The molecule has 0 aromatic heterocycles. The molecule has 1 aliphatic rings. The molecule has 17 heavy (non-hydrogen) atoms. The number of nitrogens with two attached hydrogens (primary N) is 2. The molecule has 6 heteroatoms. The number of nitrogens with zero attached hydrogens (tertiary/aromatic N) is 2. The van der Waals surface area contributed by atoms with E-state index < -0.39 is 0 Å². The van der Waals surface area contributed by atoms with Crippen molar-refractivity contribution in [1.82, 2.24) is 11.0 Å². The summed E-state index contributed by atoms with van der Waals surface area (Å²) in [6.45, 7) is 1.86. The Bertz CT molecular complexity index is 520. The maximum Gasteiger partial charge on any atom is 0.152 e. The maximum atomic E-state index is 5.92. The van der Waals surface area contributed by atoms with Crippen molar-refractivity contribution in [3.63, 3.8) is 0 Å². The van der Waals surface area contributed by atoms with Crippen LogP contribution >= 0.6 is 0 Å². The largest absolute Gasteiger partial charge is 0.383 e. The lowest BCUT2D eigenvalue weighted by atomic mass is 10.2. The van der Waals surface area contributed by atoms with Crippen molar-refractivity contribution in [2.24, 2.45) is 21.6 Å². The lowest BCUT2D eigenvalue weighted by molar-refractivity contribution is 0.697. The highest BCUT2D eigenvalue weighted by Crippen LogP contribution is 2.30. The summed E-state index contributed by atoms with van der Waals surface area (Å²) in [5.74, 6) is 6.19. The summed E-state index contributed by atoms with van der Waals surface area (Å²) in [6.07, 6.45) is 1.83. The fourth-order valence-corrected chi connectivity index (χ4v) is 1.59. The smallest absolute Gasteiger partial charge is 0.152 e. The van der Waals surface area contributed by atoms with Crippen LogP contribution in [0.5, 0.6) is 0 Å². The first-order valence-electron chi connectivity index (χ1n) is 5.17. The van der Waals surface area contributed by atoms with E-state index in [9.17, 15) is 0 Å². The minimum absolute atomic E-state index is 0. The van der Waals surface area contributed by atoms with Gasteiger partial charge in [0.05, 0.1) is 16.9 Å². The molecule has 0 saturated carbocycles. The minimum atomic E-state index is 0. The zero-order chi connectivity index (χ0) is 12.3. The lowest BCUT2D eigenvalue weighted by Gasteiger charge is -2.09. The molecule has 0 radical (unpaired) electrons. The Kier molecular flexibility index (Phi) is 3.17. The maximum absolute atomic E-state index is 5.92. The summed E-state index contributed by atoms with van der Waals surface area (Å²) >= 11 is 0. The highest BCUT2D eigenvalue weighted by molar-refractivity contribution is 6.24. The Balaban J connectivity index is 0.00000162. The molecule has 1 aromatic rings. The summed E-state index contributed by atoms with van der Waals surface area (Å²) in [7, 11) is 0. The second kappa shape index (κ2) is 4.77. The summed E-state index contributed by atoms with van der Waals surface area (Å²) in [6, 6.07) is 7.50. The van der Waals surface area contributed by atoms with E-state index in [1.165, 1.54) is 0 Å². The van der Waals surface area contributed by atoms with Gasteiger partial charge in [0.25, 0.3) is 0 Å². The zero-order valence-electron chi connectivity index (χ0n) is 9.44. The van der Waals surface area contributed by atoms with Crippen LogP contribution in [-0.4, -0.2) is 11.7 Å². The molecule has 6 nitrogen and oxygen atoms in total. The molecule has 0 aliphatic carbocycles. The average Bonchev–Trinajstić information content (AvgIpc) is 2.45. The summed E-state index contributed by atoms with van der Waals surface area (Å²) < 4.78 is 0. The van der Waals surface area contributed by atoms with Crippen molar-refractivity contribution in [3.8, 4) is 0 Å². The molecule has 0 saturated heterocycles. The van der Waals surface area contributed by atoms with Crippen LogP contribution in [0.15, 0.2) is 45.9 Å². The molecule has 0 amide bonds. The van der Waals surface area contributed by atoms with Crippen LogP contribution < -0.4 is 22.5 Å². The number of nitrogens with one attached hydrogen (secondary N) is 2. The van der Waals surface area contributed by atoms with Crippen LogP contribution in [0.25, 0.3) is 0 Å². The molecule has 2 rings (SSSR count). The lowest BCUT2D eigenvalue weighted by Crippen LogP contribution is -2.44. The van der Waals surface area contributed by atoms with Crippen molar-refractivity contribution < 1.29 is 1.43 Å². The average molecular weight is 232 g/mol. The Morgan fingerprint density at radius 3 is 2.47 bits per heavy atom. The number of hydrazine groups is 2. The second-order valence-corrected chi connectivity index (χ2v) is 3.42. The number of aliphatic imine (C=N–C) groups is 2. The summed E-state index contributed by atoms with van der Waals surface area (Å²) in [4.78, 5) is 8.76. The fraction of sp³-hybridized carbons (Fsp3) is 0.0909. The molecular weight excluding hydrogens is 216 g/mol. The zero-order valence-corrected chi connectivity index (χ0v) is 9.44. The Morgan fingerprint density at radius 1 is 1.24 bits per heavy atom. The van der Waals surface area contributed by atoms with E-state index in [1.54, 1.807) is 0 Å². The molecule has 6 N–H and O–H groups in total. The van der Waals surface area contributed by atoms with Crippen LogP contribution in [0.4, 0.5) is 11.4 Å². The minimum Gasteiger partial charge on any atom is -0.383 e. The first-order chi connectivity index (χ1) is 8.26. The number of para-hydroxylation sites is 2. The van der Waals surface area contributed by atoms with Gasteiger partial charge in [-0.25, -0.2) is 9.98 Å². The molecule has 0 bridgehead atoms. The Hall–Kier alpha value is -2.18. The van der Waals surface area contributed by atoms with E-state index in [1.807, 2.05) is 37.3 Å². The molecule has 0 fully saturated rings. The second-order valence-electron chi connectivity index (χ2n) is 3.42. The highest BCUT2D eigenvalue weighted by Gasteiger charge is 2.15. The molecule has 1 aromatic carbocycles. The standard InChI is InChI=1S/C11H14N6.H2/c1-2-7-10(12)14-8-5-3-4-6-9(8)15-11(7)16-17-13;/h2-6,17H,13H2,1H3,(H2,12,14)(H,15,16);1H/b7-2+;. The van der Waals surface area contributed by atoms with E-state index in [0.29, 0.717) is 17.2 Å². The number of rotatable bonds is 1. The normalized spacial score (nSPS) is 16.9. The van der Waals surface area contributed by atoms with Crippen LogP contribution in [-0.2, 0) is 0 Å². The number of allylic oxidation sites excluding steroid dienone is 1. The van der Waals surface area contributed by atoms with Gasteiger partial charge in [0.1, 0.15) is 5.84 Å². The van der Waals surface area contributed by atoms with Crippen LogP contribution in [0, 0.1) is 0 Å². The van der Waals surface area contributed by atoms with E-state index in [0.717, 1.165) is 11.4 Å². The predicted molar refractivity (Wildman–Crippen MR) is 71.1 cm³/mol. The fourth-order valence-electron chi connectivity index (χ4n) is 1.59. The van der Waals surface area contributed by atoms with Crippen molar-refractivity contribution in [1.29, 1.82) is 0 Å². The van der Waals surface area contributed by atoms with Crippen LogP contribution in [0.3, 0.4) is 0 Å². The van der Waals surface area contributed by atoms with Gasteiger partial charge in [-0.15, -0.1) is 0 Å². The van der Waals surface area contributed by atoms with Gasteiger partial charge in [0.2, 0.25) is 0 Å². The van der Waals surface area contributed by atoms with Gasteiger partial charge >= 0.3 is 0 Å². The molecule has 1 heterocycles. The topological polar surface area (TPSA) is 101 Å². The quantitative estimate of drug-likeness (QED) is 0.426. The molecule has 90 valence electrons. The van der Waals surface area contributed by atoms with Gasteiger partial charge in [-0.2, -0.15) is 5.53 Å². The van der Waals surface area contributed by atoms with E-state index >= 15 is 0 Å². The van der Waals surface area contributed by atoms with Crippen LogP contribution in [0.1, 0.15) is 8.35 Å².